The van der Waals surface area contributed by atoms with E-state index in [1.54, 1.807) is 6.92 Å². The van der Waals surface area contributed by atoms with Crippen LogP contribution >= 0.6 is 0 Å². The third-order valence-electron chi connectivity index (χ3n) is 2.98. The van der Waals surface area contributed by atoms with Crippen LogP contribution in [0.5, 0.6) is 0 Å². The Hall–Kier alpha value is -0.940. The van der Waals surface area contributed by atoms with Crippen molar-refractivity contribution in [2.24, 2.45) is 0 Å². The molecule has 4 nitrogen and oxygen atoms in total. The molecular weight excluding hydrogens is 208 g/mol. The van der Waals surface area contributed by atoms with Crippen molar-refractivity contribution in [2.75, 3.05) is 0 Å². The van der Waals surface area contributed by atoms with Crippen LogP contribution in [-0.4, -0.2) is 39.7 Å². The third-order valence-corrected chi connectivity index (χ3v) is 2.98. The standard InChI is InChI=1S/C12H16O4/c1-7-9(13)10(14)11(15)12(16-7)8-5-3-2-4-6-8/h2-7,9-15H,1H3/t7-,9-,10+,11-,12+/m0/s1. The number of hydrogen-bond acceptors (Lipinski definition) is 4. The highest BCUT2D eigenvalue weighted by molar-refractivity contribution is 5.20. The molecule has 1 aromatic carbocycles. The number of benzene rings is 1. The van der Waals surface area contributed by atoms with Gasteiger partial charge in [0.25, 0.3) is 0 Å². The Kier molecular flexibility index (Phi) is 3.25. The van der Waals surface area contributed by atoms with E-state index in [9.17, 15) is 15.3 Å². The van der Waals surface area contributed by atoms with Gasteiger partial charge in [0, 0.05) is 0 Å². The van der Waals surface area contributed by atoms with Gasteiger partial charge in [-0.05, 0) is 12.5 Å². The zero-order chi connectivity index (χ0) is 11.7. The maximum Gasteiger partial charge on any atom is 0.113 e. The lowest BCUT2D eigenvalue weighted by molar-refractivity contribution is -0.219. The molecule has 16 heavy (non-hydrogen) atoms. The molecule has 5 atom stereocenters. The zero-order valence-electron chi connectivity index (χ0n) is 9.02. The van der Waals surface area contributed by atoms with Gasteiger partial charge in [-0.15, -0.1) is 0 Å². The summed E-state index contributed by atoms with van der Waals surface area (Å²) in [5, 5.41) is 29.1. The molecule has 1 heterocycles. The molecule has 0 unspecified atom stereocenters. The van der Waals surface area contributed by atoms with E-state index in [-0.39, 0.29) is 0 Å². The molecule has 3 N–H and O–H groups in total. The van der Waals surface area contributed by atoms with Crippen molar-refractivity contribution >= 4 is 0 Å². The molecule has 0 amide bonds. The molecule has 1 fully saturated rings. The monoisotopic (exact) mass is 224 g/mol. The van der Waals surface area contributed by atoms with Gasteiger partial charge < -0.3 is 20.1 Å². The van der Waals surface area contributed by atoms with E-state index in [0.29, 0.717) is 0 Å². The average molecular weight is 224 g/mol. The normalized spacial score (nSPS) is 39.6. The van der Waals surface area contributed by atoms with Crippen LogP contribution in [0, 0.1) is 0 Å². The van der Waals surface area contributed by atoms with Gasteiger partial charge in [0.2, 0.25) is 0 Å². The van der Waals surface area contributed by atoms with Crippen molar-refractivity contribution in [3.63, 3.8) is 0 Å². The Bertz CT molecular complexity index is 340. The van der Waals surface area contributed by atoms with Crippen LogP contribution in [0.4, 0.5) is 0 Å². The molecule has 4 heteroatoms. The maximum absolute atomic E-state index is 9.84. The number of aliphatic hydroxyl groups excluding tert-OH is 3. The van der Waals surface area contributed by atoms with Gasteiger partial charge in [0.05, 0.1) is 6.10 Å². The number of ether oxygens (including phenoxy) is 1. The van der Waals surface area contributed by atoms with Crippen molar-refractivity contribution in [3.05, 3.63) is 35.9 Å². The van der Waals surface area contributed by atoms with Crippen molar-refractivity contribution in [3.8, 4) is 0 Å². The topological polar surface area (TPSA) is 69.9 Å². The van der Waals surface area contributed by atoms with E-state index < -0.39 is 30.5 Å². The van der Waals surface area contributed by atoms with E-state index in [0.717, 1.165) is 5.56 Å². The Labute approximate surface area is 94.1 Å². The summed E-state index contributed by atoms with van der Waals surface area (Å²) in [4.78, 5) is 0. The highest BCUT2D eigenvalue weighted by atomic mass is 16.5. The third kappa shape index (κ3) is 1.97. The fourth-order valence-electron chi connectivity index (χ4n) is 1.97. The Morgan fingerprint density at radius 2 is 1.56 bits per heavy atom. The van der Waals surface area contributed by atoms with Crippen molar-refractivity contribution in [2.45, 2.75) is 37.4 Å². The van der Waals surface area contributed by atoms with E-state index in [1.807, 2.05) is 30.3 Å². The van der Waals surface area contributed by atoms with Crippen molar-refractivity contribution < 1.29 is 20.1 Å². The largest absolute Gasteiger partial charge is 0.388 e. The van der Waals surface area contributed by atoms with Gasteiger partial charge in [0.1, 0.15) is 24.4 Å². The summed E-state index contributed by atoms with van der Waals surface area (Å²) in [5.74, 6) is 0. The molecule has 2 rings (SSSR count). The lowest BCUT2D eigenvalue weighted by Crippen LogP contribution is -2.53. The fourth-order valence-corrected chi connectivity index (χ4v) is 1.97. The SMILES string of the molecule is C[C@@H]1O[C@H](c2ccccc2)[C@@H](O)[C@H](O)[C@H]1O. The molecule has 1 aliphatic rings. The zero-order valence-corrected chi connectivity index (χ0v) is 9.02. The van der Waals surface area contributed by atoms with Gasteiger partial charge >= 0.3 is 0 Å². The first-order chi connectivity index (χ1) is 7.61. The van der Waals surface area contributed by atoms with Gasteiger partial charge in [0.15, 0.2) is 0 Å². The first kappa shape index (κ1) is 11.5. The Morgan fingerprint density at radius 3 is 2.19 bits per heavy atom. The molecule has 0 radical (unpaired) electrons. The Morgan fingerprint density at radius 1 is 0.938 bits per heavy atom. The van der Waals surface area contributed by atoms with Crippen LogP contribution in [0.1, 0.15) is 18.6 Å². The van der Waals surface area contributed by atoms with Gasteiger partial charge in [-0.25, -0.2) is 0 Å². The van der Waals surface area contributed by atoms with Crippen molar-refractivity contribution in [1.82, 2.24) is 0 Å². The average Bonchev–Trinajstić information content (AvgIpc) is 2.32. The molecule has 1 saturated heterocycles. The summed E-state index contributed by atoms with van der Waals surface area (Å²) in [6, 6.07) is 9.20. The summed E-state index contributed by atoms with van der Waals surface area (Å²) in [6.07, 6.45) is -4.41. The van der Waals surface area contributed by atoms with Gasteiger partial charge in [-0.2, -0.15) is 0 Å². The summed E-state index contributed by atoms with van der Waals surface area (Å²) < 4.78 is 5.51. The molecular formula is C12H16O4. The molecule has 88 valence electrons. The first-order valence-corrected chi connectivity index (χ1v) is 5.36. The fraction of sp³-hybridized carbons (Fsp3) is 0.500. The summed E-state index contributed by atoms with van der Waals surface area (Å²) in [5.41, 5.74) is 0.799. The summed E-state index contributed by atoms with van der Waals surface area (Å²) in [6.45, 7) is 1.68. The van der Waals surface area contributed by atoms with Crippen LogP contribution in [0.25, 0.3) is 0 Å². The highest BCUT2D eigenvalue weighted by Gasteiger charge is 2.42. The lowest BCUT2D eigenvalue weighted by atomic mass is 9.92. The predicted molar refractivity (Wildman–Crippen MR) is 57.8 cm³/mol. The maximum atomic E-state index is 9.84. The van der Waals surface area contributed by atoms with E-state index in [2.05, 4.69) is 0 Å². The van der Waals surface area contributed by atoms with E-state index in [1.165, 1.54) is 0 Å². The molecule has 1 aromatic rings. The molecule has 0 bridgehead atoms. The van der Waals surface area contributed by atoms with Gasteiger partial charge in [-0.1, -0.05) is 30.3 Å². The Balaban J connectivity index is 2.23. The molecule has 0 spiro atoms. The number of aliphatic hydroxyl groups is 3. The minimum Gasteiger partial charge on any atom is -0.388 e. The van der Waals surface area contributed by atoms with Crippen LogP contribution in [0.2, 0.25) is 0 Å². The second-order valence-electron chi connectivity index (χ2n) is 4.14. The molecule has 0 aromatic heterocycles. The van der Waals surface area contributed by atoms with Crippen LogP contribution in [0.15, 0.2) is 30.3 Å². The minimum atomic E-state index is -1.17. The lowest BCUT2D eigenvalue weighted by Gasteiger charge is -2.39. The molecule has 0 saturated carbocycles. The van der Waals surface area contributed by atoms with Crippen LogP contribution in [-0.2, 0) is 4.74 Å². The first-order valence-electron chi connectivity index (χ1n) is 5.36. The van der Waals surface area contributed by atoms with Gasteiger partial charge in [-0.3, -0.25) is 0 Å². The minimum absolute atomic E-state index is 0.497. The summed E-state index contributed by atoms with van der Waals surface area (Å²) >= 11 is 0. The van der Waals surface area contributed by atoms with E-state index >= 15 is 0 Å². The number of rotatable bonds is 1. The highest BCUT2D eigenvalue weighted by Crippen LogP contribution is 2.31. The smallest absolute Gasteiger partial charge is 0.113 e. The predicted octanol–water partition coefficient (Wildman–Crippen LogP) is 0.229. The molecule has 0 aliphatic carbocycles. The summed E-state index contributed by atoms with van der Waals surface area (Å²) in [7, 11) is 0. The number of hydrogen-bond donors (Lipinski definition) is 3. The van der Waals surface area contributed by atoms with E-state index in [4.69, 9.17) is 4.74 Å². The van der Waals surface area contributed by atoms with Crippen molar-refractivity contribution in [1.29, 1.82) is 0 Å². The second kappa shape index (κ2) is 4.51. The quantitative estimate of drug-likeness (QED) is 0.638. The molecule has 1 aliphatic heterocycles. The second-order valence-corrected chi connectivity index (χ2v) is 4.14. The van der Waals surface area contributed by atoms with Crippen LogP contribution in [0.3, 0.4) is 0 Å². The van der Waals surface area contributed by atoms with Crippen LogP contribution < -0.4 is 0 Å².